The molecule has 4 aliphatic heterocycles. The predicted molar refractivity (Wildman–Crippen MR) is 204 cm³/mol. The van der Waals surface area contributed by atoms with E-state index in [9.17, 15) is 28.8 Å². The summed E-state index contributed by atoms with van der Waals surface area (Å²) in [5.74, 6) is -2.45. The Labute approximate surface area is 319 Å². The van der Waals surface area contributed by atoms with Gasteiger partial charge in [-0.2, -0.15) is 0 Å². The summed E-state index contributed by atoms with van der Waals surface area (Å²) in [6.45, 7) is 4.92. The largest absolute Gasteiger partial charge is 0.342 e. The average Bonchev–Trinajstić information content (AvgIpc) is 3.71. The SMILES string of the molecule is CCC(C)[C@@H]1NC(=O)[C@@H](Cc2ccccc2)NC(=O)[C@@H]2CCCN2C(=O)[C@@H](Cc2ccccc2)N(C)C(=O)[C@@H]2CCCCN2C(=O)[C@H]2CCCCN2C1=O. The molecule has 6 rings (SSSR count). The molecule has 4 heterocycles. The maximum absolute atomic E-state index is 14.7. The number of hydrogen-bond acceptors (Lipinski definition) is 6. The monoisotopic (exact) mass is 740 g/mol. The Kier molecular flexibility index (Phi) is 12.7. The topological polar surface area (TPSA) is 139 Å². The van der Waals surface area contributed by atoms with E-state index in [4.69, 9.17) is 0 Å². The van der Waals surface area contributed by atoms with E-state index < -0.39 is 48.1 Å². The van der Waals surface area contributed by atoms with Crippen molar-refractivity contribution in [3.05, 3.63) is 71.8 Å². The van der Waals surface area contributed by atoms with Crippen LogP contribution in [0.1, 0.15) is 82.8 Å². The molecule has 0 spiro atoms. The van der Waals surface area contributed by atoms with Crippen LogP contribution < -0.4 is 10.6 Å². The Morgan fingerprint density at radius 3 is 1.72 bits per heavy atom. The van der Waals surface area contributed by atoms with Crippen molar-refractivity contribution < 1.29 is 28.8 Å². The zero-order valence-corrected chi connectivity index (χ0v) is 32.0. The summed E-state index contributed by atoms with van der Waals surface area (Å²) in [4.78, 5) is 93.5. The van der Waals surface area contributed by atoms with Crippen LogP contribution in [0, 0.1) is 5.92 Å². The second kappa shape index (κ2) is 17.6. The van der Waals surface area contributed by atoms with E-state index in [0.717, 1.165) is 36.8 Å². The number of amides is 6. The molecule has 4 fully saturated rings. The van der Waals surface area contributed by atoms with Crippen molar-refractivity contribution in [3.63, 3.8) is 0 Å². The molecule has 54 heavy (non-hydrogen) atoms. The minimum Gasteiger partial charge on any atom is -0.342 e. The normalized spacial score (nSPS) is 28.4. The summed E-state index contributed by atoms with van der Waals surface area (Å²) in [5, 5.41) is 6.00. The van der Waals surface area contributed by atoms with E-state index in [1.807, 2.05) is 74.5 Å². The van der Waals surface area contributed by atoms with E-state index in [2.05, 4.69) is 10.6 Å². The highest BCUT2D eigenvalue weighted by Gasteiger charge is 2.46. The highest BCUT2D eigenvalue weighted by molar-refractivity contribution is 5.98. The third kappa shape index (κ3) is 8.47. The van der Waals surface area contributed by atoms with Crippen molar-refractivity contribution >= 4 is 35.4 Å². The van der Waals surface area contributed by atoms with Gasteiger partial charge in [-0.1, -0.05) is 80.9 Å². The van der Waals surface area contributed by atoms with Crippen LogP contribution in [0.3, 0.4) is 0 Å². The Hall–Kier alpha value is -4.74. The molecule has 7 atom stereocenters. The standard InChI is InChI=1S/C42H56N6O6/c1-4-28(2)36-42(54)48-24-14-12-21-34(48)40(52)47-23-13-11-20-33(47)39(51)45(3)35(27-30-18-9-6-10-19-30)41(53)46-25-15-22-32(46)38(50)43-31(37(49)44-36)26-29-16-7-5-8-17-29/h5-10,16-19,28,31-36H,4,11-15,20-27H2,1-3H3,(H,43,50)(H,44,49)/t28?,31-,32+,33+,34-,35-,36+/m1/s1. The number of fused-ring (bicyclic) bond motifs is 3. The van der Waals surface area contributed by atoms with Crippen LogP contribution >= 0.6 is 0 Å². The summed E-state index contributed by atoms with van der Waals surface area (Å²) < 4.78 is 0. The maximum Gasteiger partial charge on any atom is 0.246 e. The Morgan fingerprint density at radius 1 is 0.593 bits per heavy atom. The number of carbonyl (C=O) groups is 6. The number of nitrogens with one attached hydrogen (secondary N) is 2. The summed E-state index contributed by atoms with van der Waals surface area (Å²) in [5.41, 5.74) is 1.69. The first-order valence-electron chi connectivity index (χ1n) is 20.0. The second-order valence-electron chi connectivity index (χ2n) is 15.6. The average molecular weight is 741 g/mol. The minimum absolute atomic E-state index is 0.176. The molecular weight excluding hydrogens is 684 g/mol. The molecule has 4 saturated heterocycles. The number of carbonyl (C=O) groups excluding carboxylic acids is 6. The lowest BCUT2D eigenvalue weighted by Crippen LogP contribution is -2.64. The van der Waals surface area contributed by atoms with E-state index >= 15 is 0 Å². The van der Waals surface area contributed by atoms with Gasteiger partial charge in [0.2, 0.25) is 35.4 Å². The highest BCUT2D eigenvalue weighted by atomic mass is 16.2. The van der Waals surface area contributed by atoms with Gasteiger partial charge in [-0.25, -0.2) is 0 Å². The summed E-state index contributed by atoms with van der Waals surface area (Å²) in [7, 11) is 1.63. The van der Waals surface area contributed by atoms with Gasteiger partial charge < -0.3 is 30.2 Å². The van der Waals surface area contributed by atoms with Crippen molar-refractivity contribution in [2.45, 2.75) is 121 Å². The third-order valence-electron chi connectivity index (χ3n) is 12.0. The van der Waals surface area contributed by atoms with Gasteiger partial charge in [0.25, 0.3) is 0 Å². The van der Waals surface area contributed by atoms with E-state index in [1.54, 1.807) is 21.7 Å². The van der Waals surface area contributed by atoms with Gasteiger partial charge >= 0.3 is 0 Å². The number of nitrogens with zero attached hydrogens (tertiary/aromatic N) is 4. The van der Waals surface area contributed by atoms with Crippen LogP contribution in [0.2, 0.25) is 0 Å². The summed E-state index contributed by atoms with van der Waals surface area (Å²) in [6.07, 6.45) is 5.84. The quantitative estimate of drug-likeness (QED) is 0.467. The van der Waals surface area contributed by atoms with E-state index in [0.29, 0.717) is 51.7 Å². The molecule has 12 heteroatoms. The number of rotatable bonds is 6. The van der Waals surface area contributed by atoms with Gasteiger partial charge in [0.1, 0.15) is 36.3 Å². The van der Waals surface area contributed by atoms with Crippen LogP contribution in [-0.4, -0.2) is 118 Å². The molecule has 2 aromatic carbocycles. The first-order valence-corrected chi connectivity index (χ1v) is 20.0. The summed E-state index contributed by atoms with van der Waals surface area (Å²) in [6, 6.07) is 13.5. The predicted octanol–water partition coefficient (Wildman–Crippen LogP) is 3.08. The van der Waals surface area contributed by atoms with Crippen molar-refractivity contribution in [3.8, 4) is 0 Å². The summed E-state index contributed by atoms with van der Waals surface area (Å²) >= 11 is 0. The molecule has 12 nitrogen and oxygen atoms in total. The van der Waals surface area contributed by atoms with Crippen LogP contribution in [-0.2, 0) is 41.6 Å². The maximum atomic E-state index is 14.7. The van der Waals surface area contributed by atoms with Crippen LogP contribution in [0.15, 0.2) is 60.7 Å². The first kappa shape index (κ1) is 39.0. The molecule has 4 aliphatic rings. The van der Waals surface area contributed by atoms with Gasteiger partial charge in [0.15, 0.2) is 0 Å². The van der Waals surface area contributed by atoms with Crippen molar-refractivity contribution in [1.82, 2.24) is 30.2 Å². The number of likely N-dealkylation sites (N-methyl/N-ethyl adjacent to an activating group) is 1. The minimum atomic E-state index is -1.03. The van der Waals surface area contributed by atoms with Crippen LogP contribution in [0.4, 0.5) is 0 Å². The molecule has 1 unspecified atom stereocenters. The lowest BCUT2D eigenvalue weighted by molar-refractivity contribution is -0.158. The molecule has 0 aromatic heterocycles. The molecule has 0 bridgehead atoms. The fraction of sp³-hybridized carbons (Fsp3) is 0.571. The van der Waals surface area contributed by atoms with Gasteiger partial charge in [0.05, 0.1) is 0 Å². The van der Waals surface area contributed by atoms with Crippen molar-refractivity contribution in [2.24, 2.45) is 5.92 Å². The molecule has 0 radical (unpaired) electrons. The second-order valence-corrected chi connectivity index (χ2v) is 15.6. The van der Waals surface area contributed by atoms with Crippen molar-refractivity contribution in [1.29, 1.82) is 0 Å². The Bertz CT molecular complexity index is 1670. The lowest BCUT2D eigenvalue weighted by Gasteiger charge is -2.44. The highest BCUT2D eigenvalue weighted by Crippen LogP contribution is 2.29. The van der Waals surface area contributed by atoms with Crippen LogP contribution in [0.25, 0.3) is 0 Å². The fourth-order valence-corrected chi connectivity index (χ4v) is 8.65. The first-order chi connectivity index (χ1) is 26.1. The zero-order valence-electron chi connectivity index (χ0n) is 32.0. The van der Waals surface area contributed by atoms with Gasteiger partial charge in [0, 0.05) is 39.5 Å². The van der Waals surface area contributed by atoms with Gasteiger partial charge in [-0.05, 0) is 68.4 Å². The fourth-order valence-electron chi connectivity index (χ4n) is 8.65. The molecule has 0 aliphatic carbocycles. The Balaban J connectivity index is 1.42. The third-order valence-corrected chi connectivity index (χ3v) is 12.0. The molecule has 2 aromatic rings. The lowest BCUT2D eigenvalue weighted by atomic mass is 9.92. The van der Waals surface area contributed by atoms with Crippen LogP contribution in [0.5, 0.6) is 0 Å². The van der Waals surface area contributed by atoms with E-state index in [-0.39, 0.29) is 42.4 Å². The smallest absolute Gasteiger partial charge is 0.246 e. The molecule has 0 saturated carbocycles. The number of benzene rings is 2. The zero-order chi connectivity index (χ0) is 38.4. The van der Waals surface area contributed by atoms with Gasteiger partial charge in [-0.3, -0.25) is 28.8 Å². The number of piperidine rings is 2. The Morgan fingerprint density at radius 2 is 1.11 bits per heavy atom. The van der Waals surface area contributed by atoms with Gasteiger partial charge in [-0.15, -0.1) is 0 Å². The van der Waals surface area contributed by atoms with E-state index in [1.165, 1.54) is 4.90 Å². The van der Waals surface area contributed by atoms with Crippen molar-refractivity contribution in [2.75, 3.05) is 26.7 Å². The molecule has 2 N–H and O–H groups in total. The molecule has 290 valence electrons. The molecule has 6 amide bonds. The number of hydrogen-bond donors (Lipinski definition) is 2. The molecular formula is C42H56N6O6.